The molecule has 0 aliphatic carbocycles. The van der Waals surface area contributed by atoms with Crippen LogP contribution in [0, 0.1) is 0 Å². The molecule has 132 valence electrons. The molecule has 0 bridgehead atoms. The summed E-state index contributed by atoms with van der Waals surface area (Å²) < 4.78 is 0. The largest absolute Gasteiger partial charge is 0.296 e. The summed E-state index contributed by atoms with van der Waals surface area (Å²) in [5.41, 5.74) is 1.82. The minimum atomic E-state index is -0.284. The second-order valence-electron chi connectivity index (χ2n) is 6.16. The first-order valence-electron chi connectivity index (χ1n) is 8.32. The molecule has 6 nitrogen and oxygen atoms in total. The molecule has 2 N–H and O–H groups in total. The summed E-state index contributed by atoms with van der Waals surface area (Å²) in [6.45, 7) is 0. The van der Waals surface area contributed by atoms with Gasteiger partial charge in [-0.2, -0.15) is 0 Å². The van der Waals surface area contributed by atoms with E-state index in [9.17, 15) is 19.2 Å². The van der Waals surface area contributed by atoms with Crippen LogP contribution >= 0.6 is 0 Å². The molecule has 2 aromatic carbocycles. The predicted molar refractivity (Wildman–Crippen MR) is 93.9 cm³/mol. The van der Waals surface area contributed by atoms with Crippen molar-refractivity contribution < 1.29 is 19.2 Å². The molecule has 0 saturated carbocycles. The first-order chi connectivity index (χ1) is 12.5. The quantitative estimate of drug-likeness (QED) is 0.805. The Balaban J connectivity index is 0.000000151. The average molecular weight is 350 g/mol. The number of benzene rings is 2. The highest BCUT2D eigenvalue weighted by atomic mass is 16.2. The van der Waals surface area contributed by atoms with Crippen molar-refractivity contribution in [2.24, 2.45) is 0 Å². The summed E-state index contributed by atoms with van der Waals surface area (Å²) >= 11 is 0. The Morgan fingerprint density at radius 3 is 1.19 bits per heavy atom. The van der Waals surface area contributed by atoms with Gasteiger partial charge in [0.25, 0.3) is 0 Å². The van der Waals surface area contributed by atoms with E-state index in [1.807, 2.05) is 60.7 Å². The molecule has 0 spiro atoms. The highest BCUT2D eigenvalue weighted by molar-refractivity contribution is 6.06. The Hall–Kier alpha value is -3.28. The summed E-state index contributed by atoms with van der Waals surface area (Å²) in [4.78, 5) is 44.3. The number of carbonyl (C=O) groups excluding carboxylic acids is 4. The lowest BCUT2D eigenvalue weighted by molar-refractivity contribution is -0.126. The Bertz CT molecular complexity index is 762. The lowest BCUT2D eigenvalue weighted by Gasteiger charge is -2.04. The molecular weight excluding hydrogens is 332 g/mol. The van der Waals surface area contributed by atoms with Crippen molar-refractivity contribution >= 4 is 23.6 Å². The summed E-state index contributed by atoms with van der Waals surface area (Å²) in [5, 5.41) is 4.57. The van der Waals surface area contributed by atoms with E-state index in [0.29, 0.717) is 0 Å². The van der Waals surface area contributed by atoms with E-state index in [0.717, 1.165) is 11.1 Å². The molecule has 26 heavy (non-hydrogen) atoms. The van der Waals surface area contributed by atoms with Crippen LogP contribution in [0.3, 0.4) is 0 Å². The summed E-state index contributed by atoms with van der Waals surface area (Å²) in [5.74, 6) is -1.30. The summed E-state index contributed by atoms with van der Waals surface area (Å²) in [6, 6.07) is 18.7. The van der Waals surface area contributed by atoms with E-state index in [1.165, 1.54) is 0 Å². The molecule has 0 unspecified atom stereocenters. The molecule has 2 heterocycles. The van der Waals surface area contributed by atoms with Crippen molar-refractivity contribution in [3.63, 3.8) is 0 Å². The molecule has 2 aromatic rings. The van der Waals surface area contributed by atoms with Crippen molar-refractivity contribution in [1.82, 2.24) is 10.6 Å². The Kier molecular flexibility index (Phi) is 5.22. The third-order valence-corrected chi connectivity index (χ3v) is 4.34. The van der Waals surface area contributed by atoms with Crippen LogP contribution in [-0.2, 0) is 19.2 Å². The highest BCUT2D eigenvalue weighted by Gasteiger charge is 2.32. The lowest BCUT2D eigenvalue weighted by atomic mass is 9.98. The summed E-state index contributed by atoms with van der Waals surface area (Å²) in [6.07, 6.45) is 0.561. The molecule has 2 aliphatic rings. The van der Waals surface area contributed by atoms with Gasteiger partial charge in [0.05, 0.1) is 11.8 Å². The van der Waals surface area contributed by atoms with Gasteiger partial charge in [-0.1, -0.05) is 60.7 Å². The second-order valence-corrected chi connectivity index (χ2v) is 6.16. The van der Waals surface area contributed by atoms with Crippen LogP contribution in [0.4, 0.5) is 0 Å². The van der Waals surface area contributed by atoms with Crippen molar-refractivity contribution in [3.8, 4) is 0 Å². The second kappa shape index (κ2) is 7.74. The van der Waals surface area contributed by atoms with E-state index in [2.05, 4.69) is 10.6 Å². The SMILES string of the molecule is O=C1C[C@@H](c2ccccc2)C(=O)N1.O=C1C[C@H](c2ccccc2)C(=O)N1. The highest BCUT2D eigenvalue weighted by Crippen LogP contribution is 2.24. The molecule has 6 heteroatoms. The Labute approximate surface area is 150 Å². The first kappa shape index (κ1) is 17.5. The maximum atomic E-state index is 11.3. The number of hydrogen-bond acceptors (Lipinski definition) is 4. The van der Waals surface area contributed by atoms with Gasteiger partial charge >= 0.3 is 0 Å². The van der Waals surface area contributed by atoms with Crippen LogP contribution in [0.2, 0.25) is 0 Å². The van der Waals surface area contributed by atoms with Gasteiger partial charge in [0.2, 0.25) is 23.6 Å². The van der Waals surface area contributed by atoms with Crippen molar-refractivity contribution in [2.45, 2.75) is 24.7 Å². The van der Waals surface area contributed by atoms with E-state index >= 15 is 0 Å². The van der Waals surface area contributed by atoms with Gasteiger partial charge < -0.3 is 0 Å². The van der Waals surface area contributed by atoms with E-state index in [4.69, 9.17) is 0 Å². The zero-order valence-corrected chi connectivity index (χ0v) is 14.0. The van der Waals surface area contributed by atoms with Gasteiger partial charge in [-0.25, -0.2) is 0 Å². The number of carbonyl (C=O) groups is 4. The summed E-state index contributed by atoms with van der Waals surface area (Å²) in [7, 11) is 0. The van der Waals surface area contributed by atoms with Crippen LogP contribution in [0.25, 0.3) is 0 Å². The van der Waals surface area contributed by atoms with Crippen molar-refractivity contribution in [2.75, 3.05) is 0 Å². The van der Waals surface area contributed by atoms with Gasteiger partial charge in [0.1, 0.15) is 0 Å². The van der Waals surface area contributed by atoms with E-state index in [-0.39, 0.29) is 48.3 Å². The Morgan fingerprint density at radius 1 is 0.577 bits per heavy atom. The standard InChI is InChI=1S/2C10H9NO2/c2*12-9-6-8(10(13)11-9)7-4-2-1-3-5-7/h2*1-5,8H,6H2,(H,11,12,13)/t2*8-/m10/s1. The number of imide groups is 2. The fourth-order valence-corrected chi connectivity index (χ4v) is 3.02. The third-order valence-electron chi connectivity index (χ3n) is 4.34. The molecule has 0 aromatic heterocycles. The molecule has 4 rings (SSSR count). The third kappa shape index (κ3) is 4.03. The smallest absolute Gasteiger partial charge is 0.234 e. The number of amides is 4. The zero-order chi connectivity index (χ0) is 18.5. The maximum Gasteiger partial charge on any atom is 0.234 e. The van der Waals surface area contributed by atoms with Crippen LogP contribution in [0.5, 0.6) is 0 Å². The normalized spacial score (nSPS) is 21.7. The minimum absolute atomic E-state index is 0.182. The molecule has 2 aliphatic heterocycles. The van der Waals surface area contributed by atoms with Crippen LogP contribution < -0.4 is 10.6 Å². The van der Waals surface area contributed by atoms with Crippen LogP contribution in [-0.4, -0.2) is 23.6 Å². The molecule has 2 saturated heterocycles. The predicted octanol–water partition coefficient (Wildman–Crippen LogP) is 1.63. The Morgan fingerprint density at radius 2 is 0.923 bits per heavy atom. The van der Waals surface area contributed by atoms with Crippen molar-refractivity contribution in [3.05, 3.63) is 71.8 Å². The maximum absolute atomic E-state index is 11.3. The van der Waals surface area contributed by atoms with Gasteiger partial charge in [-0.15, -0.1) is 0 Å². The zero-order valence-electron chi connectivity index (χ0n) is 14.0. The minimum Gasteiger partial charge on any atom is -0.296 e. The van der Waals surface area contributed by atoms with Crippen LogP contribution in [0.15, 0.2) is 60.7 Å². The van der Waals surface area contributed by atoms with Gasteiger partial charge in [0, 0.05) is 12.8 Å². The van der Waals surface area contributed by atoms with E-state index in [1.54, 1.807) is 0 Å². The average Bonchev–Trinajstić information content (AvgIpc) is 3.17. The molecule has 4 amide bonds. The van der Waals surface area contributed by atoms with Gasteiger partial charge in [-0.3, -0.25) is 29.8 Å². The fourth-order valence-electron chi connectivity index (χ4n) is 3.02. The fraction of sp³-hybridized carbons (Fsp3) is 0.200. The monoisotopic (exact) mass is 350 g/mol. The first-order valence-corrected chi connectivity index (χ1v) is 8.32. The number of hydrogen-bond donors (Lipinski definition) is 2. The van der Waals surface area contributed by atoms with E-state index < -0.39 is 0 Å². The van der Waals surface area contributed by atoms with Gasteiger partial charge in [0.15, 0.2) is 0 Å². The topological polar surface area (TPSA) is 92.3 Å². The number of rotatable bonds is 2. The van der Waals surface area contributed by atoms with Gasteiger partial charge in [-0.05, 0) is 11.1 Å². The number of nitrogens with one attached hydrogen (secondary N) is 2. The lowest BCUT2D eigenvalue weighted by Crippen LogP contribution is -2.21. The van der Waals surface area contributed by atoms with Crippen molar-refractivity contribution in [1.29, 1.82) is 0 Å². The van der Waals surface area contributed by atoms with Crippen LogP contribution in [0.1, 0.15) is 35.8 Å². The molecular formula is C20H18N2O4. The molecule has 0 radical (unpaired) electrons. The molecule has 2 atom stereocenters. The molecule has 2 fully saturated rings.